The molecule has 0 aromatic carbocycles. The highest BCUT2D eigenvalue weighted by molar-refractivity contribution is 4.87. The molecule has 0 unspecified atom stereocenters. The molecule has 0 radical (unpaired) electrons. The van der Waals surface area contributed by atoms with Crippen molar-refractivity contribution in [3.05, 3.63) is 5.82 Å². The molecule has 0 spiro atoms. The Morgan fingerprint density at radius 2 is 2.12 bits per heavy atom. The number of hydrogen-bond acceptors (Lipinski definition) is 5. The third-order valence-electron chi connectivity index (χ3n) is 3.02. The van der Waals surface area contributed by atoms with E-state index in [-0.39, 0.29) is 5.54 Å². The van der Waals surface area contributed by atoms with Crippen LogP contribution in [-0.4, -0.2) is 32.4 Å². The zero-order valence-electron chi connectivity index (χ0n) is 9.72. The Balaban J connectivity index is 1.74. The van der Waals surface area contributed by atoms with E-state index in [0.29, 0.717) is 19.0 Å². The van der Waals surface area contributed by atoms with Crippen molar-refractivity contribution in [1.29, 1.82) is 0 Å². The van der Waals surface area contributed by atoms with Gasteiger partial charge in [-0.15, -0.1) is 10.2 Å². The van der Waals surface area contributed by atoms with Crippen LogP contribution in [-0.2, 0) is 18.4 Å². The maximum Gasteiger partial charge on any atom is 0.200 e. The average Bonchev–Trinajstić information content (AvgIpc) is 2.65. The second-order valence-corrected chi connectivity index (χ2v) is 4.61. The average molecular weight is 225 g/mol. The summed E-state index contributed by atoms with van der Waals surface area (Å²) in [5.41, 5.74) is 6.10. The molecule has 1 fully saturated rings. The van der Waals surface area contributed by atoms with Gasteiger partial charge < -0.3 is 10.5 Å². The normalized spacial score (nSPS) is 19.9. The Morgan fingerprint density at radius 3 is 2.75 bits per heavy atom. The molecule has 90 valence electrons. The molecule has 0 saturated heterocycles. The maximum atomic E-state index is 6.24. The van der Waals surface area contributed by atoms with E-state index >= 15 is 0 Å². The van der Waals surface area contributed by atoms with Gasteiger partial charge in [-0.3, -0.25) is 0 Å². The van der Waals surface area contributed by atoms with E-state index in [0.717, 1.165) is 12.8 Å². The van der Waals surface area contributed by atoms with Crippen LogP contribution in [0.15, 0.2) is 0 Å². The van der Waals surface area contributed by atoms with Gasteiger partial charge in [0.1, 0.15) is 6.61 Å². The Bertz CT molecular complexity index is 332. The predicted molar refractivity (Wildman–Crippen MR) is 58.5 cm³/mol. The van der Waals surface area contributed by atoms with Crippen molar-refractivity contribution in [2.45, 2.75) is 44.2 Å². The summed E-state index contributed by atoms with van der Waals surface area (Å²) in [5.74, 6) is 0.613. The molecule has 1 aromatic rings. The van der Waals surface area contributed by atoms with Crippen molar-refractivity contribution in [1.82, 2.24) is 20.2 Å². The first-order valence-corrected chi connectivity index (χ1v) is 5.77. The van der Waals surface area contributed by atoms with Crippen LogP contribution < -0.4 is 5.73 Å². The number of nitrogens with zero attached hydrogens (tertiary/aromatic N) is 4. The van der Waals surface area contributed by atoms with E-state index in [4.69, 9.17) is 10.5 Å². The van der Waals surface area contributed by atoms with Crippen LogP contribution in [0, 0.1) is 0 Å². The summed E-state index contributed by atoms with van der Waals surface area (Å²) in [6.45, 7) is 0.984. The Labute approximate surface area is 95.1 Å². The van der Waals surface area contributed by atoms with E-state index in [1.165, 1.54) is 24.1 Å². The second-order valence-electron chi connectivity index (χ2n) is 4.61. The van der Waals surface area contributed by atoms with Crippen LogP contribution in [0.1, 0.15) is 37.9 Å². The number of ether oxygens (including phenoxy) is 1. The molecule has 1 aromatic heterocycles. The van der Waals surface area contributed by atoms with Crippen LogP contribution in [0.2, 0.25) is 0 Å². The molecular weight excluding hydrogens is 206 g/mol. The first kappa shape index (κ1) is 11.5. The molecule has 1 aliphatic rings. The van der Waals surface area contributed by atoms with Gasteiger partial charge in [0, 0.05) is 5.54 Å². The van der Waals surface area contributed by atoms with Gasteiger partial charge in [-0.05, 0) is 18.1 Å². The van der Waals surface area contributed by atoms with Gasteiger partial charge in [0.25, 0.3) is 0 Å². The van der Waals surface area contributed by atoms with Crippen LogP contribution in [0.5, 0.6) is 0 Å². The lowest BCUT2D eigenvalue weighted by atomic mass is 9.83. The molecule has 0 amide bonds. The van der Waals surface area contributed by atoms with Gasteiger partial charge in [0.05, 0.1) is 13.7 Å². The molecule has 16 heavy (non-hydrogen) atoms. The molecule has 0 aliphatic heterocycles. The van der Waals surface area contributed by atoms with E-state index < -0.39 is 0 Å². The van der Waals surface area contributed by atoms with E-state index in [9.17, 15) is 0 Å². The second kappa shape index (κ2) is 4.88. The molecule has 2 rings (SSSR count). The molecule has 0 bridgehead atoms. The lowest BCUT2D eigenvalue weighted by molar-refractivity contribution is 0.0539. The standard InChI is InChI=1S/C10H19N5O/c1-15-13-9(12-14-15)7-16-8-10(11)5-3-2-4-6-10/h2-8,11H2,1H3. The highest BCUT2D eigenvalue weighted by atomic mass is 16.5. The SMILES string of the molecule is Cn1nnc(COCC2(N)CCCCC2)n1. The molecule has 0 atom stereocenters. The van der Waals surface area contributed by atoms with Crippen LogP contribution >= 0.6 is 0 Å². The third-order valence-corrected chi connectivity index (χ3v) is 3.02. The third kappa shape index (κ3) is 2.99. The van der Waals surface area contributed by atoms with Gasteiger partial charge in [-0.25, -0.2) is 0 Å². The maximum absolute atomic E-state index is 6.24. The molecule has 6 nitrogen and oxygen atoms in total. The van der Waals surface area contributed by atoms with E-state index in [1.54, 1.807) is 7.05 Å². The van der Waals surface area contributed by atoms with Crippen molar-refractivity contribution in [3.63, 3.8) is 0 Å². The summed E-state index contributed by atoms with van der Waals surface area (Å²) in [7, 11) is 1.74. The Morgan fingerprint density at radius 1 is 1.38 bits per heavy atom. The lowest BCUT2D eigenvalue weighted by Crippen LogP contribution is -2.46. The minimum atomic E-state index is -0.138. The minimum Gasteiger partial charge on any atom is -0.371 e. The van der Waals surface area contributed by atoms with Gasteiger partial charge in [-0.1, -0.05) is 19.3 Å². The van der Waals surface area contributed by atoms with Crippen LogP contribution in [0.25, 0.3) is 0 Å². The van der Waals surface area contributed by atoms with Gasteiger partial charge in [-0.2, -0.15) is 4.80 Å². The van der Waals surface area contributed by atoms with Crippen molar-refractivity contribution < 1.29 is 4.74 Å². The summed E-state index contributed by atoms with van der Waals surface area (Å²) in [6.07, 6.45) is 5.83. The van der Waals surface area contributed by atoms with Crippen molar-refractivity contribution >= 4 is 0 Å². The van der Waals surface area contributed by atoms with Crippen molar-refractivity contribution in [2.24, 2.45) is 12.8 Å². The monoisotopic (exact) mass is 225 g/mol. The molecular formula is C10H19N5O. The summed E-state index contributed by atoms with van der Waals surface area (Å²) in [4.78, 5) is 1.43. The smallest absolute Gasteiger partial charge is 0.200 e. The first-order chi connectivity index (χ1) is 7.68. The highest BCUT2D eigenvalue weighted by Crippen LogP contribution is 2.26. The zero-order valence-corrected chi connectivity index (χ0v) is 9.72. The number of nitrogens with two attached hydrogens (primary N) is 1. The fourth-order valence-corrected chi connectivity index (χ4v) is 2.13. The van der Waals surface area contributed by atoms with E-state index in [2.05, 4.69) is 15.4 Å². The number of hydrogen-bond donors (Lipinski definition) is 1. The number of aryl methyl sites for hydroxylation is 1. The summed E-state index contributed by atoms with van der Waals surface area (Å²) in [5, 5.41) is 11.6. The number of tetrazole rings is 1. The molecule has 1 saturated carbocycles. The zero-order chi connectivity index (χ0) is 11.4. The predicted octanol–water partition coefficient (Wildman–Crippen LogP) is 0.388. The topological polar surface area (TPSA) is 78.8 Å². The largest absolute Gasteiger partial charge is 0.371 e. The number of rotatable bonds is 4. The lowest BCUT2D eigenvalue weighted by Gasteiger charge is -2.32. The van der Waals surface area contributed by atoms with E-state index in [1.807, 2.05) is 0 Å². The molecule has 6 heteroatoms. The van der Waals surface area contributed by atoms with Crippen LogP contribution in [0.3, 0.4) is 0 Å². The summed E-state index contributed by atoms with van der Waals surface area (Å²) < 4.78 is 5.57. The van der Waals surface area contributed by atoms with Crippen molar-refractivity contribution in [2.75, 3.05) is 6.61 Å². The van der Waals surface area contributed by atoms with Crippen LogP contribution in [0.4, 0.5) is 0 Å². The Hall–Kier alpha value is -1.01. The van der Waals surface area contributed by atoms with Crippen molar-refractivity contribution in [3.8, 4) is 0 Å². The molecule has 1 heterocycles. The fraction of sp³-hybridized carbons (Fsp3) is 0.900. The number of aromatic nitrogens is 4. The quantitative estimate of drug-likeness (QED) is 0.801. The molecule has 1 aliphatic carbocycles. The van der Waals surface area contributed by atoms with Gasteiger partial charge in [0.2, 0.25) is 0 Å². The highest BCUT2D eigenvalue weighted by Gasteiger charge is 2.27. The van der Waals surface area contributed by atoms with Gasteiger partial charge >= 0.3 is 0 Å². The van der Waals surface area contributed by atoms with Gasteiger partial charge in [0.15, 0.2) is 5.82 Å². The summed E-state index contributed by atoms with van der Waals surface area (Å²) in [6, 6.07) is 0. The fourth-order valence-electron chi connectivity index (χ4n) is 2.13. The minimum absolute atomic E-state index is 0.138. The Kier molecular flexibility index (Phi) is 3.50. The summed E-state index contributed by atoms with van der Waals surface area (Å²) >= 11 is 0. The first-order valence-electron chi connectivity index (χ1n) is 5.77. The molecule has 2 N–H and O–H groups in total.